The fourth-order valence-electron chi connectivity index (χ4n) is 3.30. The molecule has 0 aromatic carbocycles. The highest BCUT2D eigenvalue weighted by Crippen LogP contribution is 2.27. The van der Waals surface area contributed by atoms with Crippen molar-refractivity contribution < 1.29 is 0 Å². The summed E-state index contributed by atoms with van der Waals surface area (Å²) in [5.41, 5.74) is 0.829. The summed E-state index contributed by atoms with van der Waals surface area (Å²) >= 11 is 0. The Bertz CT molecular complexity index is 775. The van der Waals surface area contributed by atoms with Gasteiger partial charge in [-0.15, -0.1) is 10.2 Å². The molecular weight excluding hydrogens is 278 g/mol. The molecular formula is C15H19N7. The summed E-state index contributed by atoms with van der Waals surface area (Å²) in [5, 5.41) is 8.21. The minimum atomic E-state index is 0.426. The Labute approximate surface area is 128 Å². The van der Waals surface area contributed by atoms with Crippen molar-refractivity contribution in [1.82, 2.24) is 29.1 Å². The molecule has 0 spiro atoms. The van der Waals surface area contributed by atoms with Crippen molar-refractivity contribution in [2.24, 2.45) is 0 Å². The van der Waals surface area contributed by atoms with Gasteiger partial charge >= 0.3 is 0 Å². The van der Waals surface area contributed by atoms with Gasteiger partial charge in [0.1, 0.15) is 12.2 Å². The predicted octanol–water partition coefficient (Wildman–Crippen LogP) is 1.55. The number of hydrogen-bond donors (Lipinski definition) is 0. The summed E-state index contributed by atoms with van der Waals surface area (Å²) in [7, 11) is 0. The van der Waals surface area contributed by atoms with Crippen molar-refractivity contribution in [3.8, 4) is 0 Å². The normalized spacial score (nSPS) is 18.4. The number of imidazole rings is 1. The highest BCUT2D eigenvalue weighted by Gasteiger charge is 2.28. The highest BCUT2D eigenvalue weighted by atomic mass is 15.3. The zero-order valence-corrected chi connectivity index (χ0v) is 12.6. The molecule has 0 saturated carbocycles. The zero-order chi connectivity index (χ0) is 14.9. The molecule has 7 heteroatoms. The van der Waals surface area contributed by atoms with Crippen molar-refractivity contribution in [3.63, 3.8) is 0 Å². The third-order valence-corrected chi connectivity index (χ3v) is 4.37. The Morgan fingerprint density at radius 1 is 1.23 bits per heavy atom. The van der Waals surface area contributed by atoms with E-state index < -0.39 is 0 Å². The highest BCUT2D eigenvalue weighted by molar-refractivity contribution is 5.64. The number of nitrogens with zero attached hydrogens (tertiary/aromatic N) is 7. The summed E-state index contributed by atoms with van der Waals surface area (Å²) in [5.74, 6) is 2.07. The number of aromatic nitrogens is 6. The molecule has 0 N–H and O–H groups in total. The smallest absolute Gasteiger partial charge is 0.203 e. The lowest BCUT2D eigenvalue weighted by molar-refractivity contribution is 0.532. The Hall–Kier alpha value is -2.44. The van der Waals surface area contributed by atoms with Gasteiger partial charge in [-0.3, -0.25) is 4.40 Å². The summed E-state index contributed by atoms with van der Waals surface area (Å²) in [6.45, 7) is 4.10. The molecule has 1 fully saturated rings. The number of rotatable bonds is 4. The van der Waals surface area contributed by atoms with Crippen LogP contribution in [0.5, 0.6) is 0 Å². The van der Waals surface area contributed by atoms with Crippen LogP contribution in [0.15, 0.2) is 31.1 Å². The fourth-order valence-corrected chi connectivity index (χ4v) is 3.30. The first-order valence-corrected chi connectivity index (χ1v) is 7.78. The molecule has 3 aromatic rings. The van der Waals surface area contributed by atoms with E-state index in [2.05, 4.69) is 42.8 Å². The van der Waals surface area contributed by atoms with Crippen molar-refractivity contribution >= 4 is 11.5 Å². The van der Waals surface area contributed by atoms with Crippen LogP contribution in [-0.4, -0.2) is 41.7 Å². The van der Waals surface area contributed by atoms with Gasteiger partial charge in [-0.1, -0.05) is 6.92 Å². The van der Waals surface area contributed by atoms with E-state index in [1.165, 1.54) is 6.42 Å². The van der Waals surface area contributed by atoms with Gasteiger partial charge in [-0.05, 0) is 12.8 Å². The minimum absolute atomic E-state index is 0.426. The second-order valence-electron chi connectivity index (χ2n) is 5.65. The van der Waals surface area contributed by atoms with E-state index in [0.717, 1.165) is 43.2 Å². The fraction of sp³-hybridized carbons (Fsp3) is 0.467. The van der Waals surface area contributed by atoms with E-state index in [4.69, 9.17) is 0 Å². The molecule has 1 aliphatic heterocycles. The van der Waals surface area contributed by atoms with E-state index in [1.54, 1.807) is 6.33 Å². The number of hydrogen-bond acceptors (Lipinski definition) is 5. The van der Waals surface area contributed by atoms with Crippen LogP contribution in [0.25, 0.3) is 5.65 Å². The molecule has 0 aliphatic carbocycles. The van der Waals surface area contributed by atoms with Crippen LogP contribution in [0.2, 0.25) is 0 Å². The summed E-state index contributed by atoms with van der Waals surface area (Å²) in [6, 6.07) is 0.426. The van der Waals surface area contributed by atoms with Crippen LogP contribution in [-0.2, 0) is 13.0 Å². The van der Waals surface area contributed by atoms with Crippen molar-refractivity contribution in [3.05, 3.63) is 36.9 Å². The largest absolute Gasteiger partial charge is 0.349 e. The van der Waals surface area contributed by atoms with Gasteiger partial charge in [0.15, 0.2) is 5.82 Å². The Morgan fingerprint density at radius 2 is 2.14 bits per heavy atom. The Kier molecular flexibility index (Phi) is 3.25. The second kappa shape index (κ2) is 5.40. The number of anilines is 1. The number of fused-ring (bicyclic) bond motifs is 1. The van der Waals surface area contributed by atoms with Gasteiger partial charge in [0.05, 0.1) is 0 Å². The molecule has 0 bridgehead atoms. The molecule has 0 radical (unpaired) electrons. The van der Waals surface area contributed by atoms with Gasteiger partial charge in [0.25, 0.3) is 0 Å². The van der Waals surface area contributed by atoms with Crippen molar-refractivity contribution in [2.45, 2.75) is 38.8 Å². The lowest BCUT2D eigenvalue weighted by atomic mass is 10.2. The van der Waals surface area contributed by atoms with E-state index in [0.29, 0.717) is 6.04 Å². The van der Waals surface area contributed by atoms with Crippen LogP contribution < -0.4 is 4.90 Å². The van der Waals surface area contributed by atoms with Gasteiger partial charge < -0.3 is 9.47 Å². The van der Waals surface area contributed by atoms with Crippen LogP contribution in [0.3, 0.4) is 0 Å². The first-order chi connectivity index (χ1) is 10.9. The topological polar surface area (TPSA) is 64.1 Å². The quantitative estimate of drug-likeness (QED) is 0.731. The van der Waals surface area contributed by atoms with Gasteiger partial charge in [0.2, 0.25) is 5.65 Å². The first kappa shape index (κ1) is 13.2. The molecule has 1 unspecified atom stereocenters. The Balaban J connectivity index is 1.65. The molecule has 4 rings (SSSR count). The van der Waals surface area contributed by atoms with Gasteiger partial charge in [-0.2, -0.15) is 0 Å². The average Bonchev–Trinajstić information content (AvgIpc) is 3.27. The maximum atomic E-state index is 4.56. The maximum absolute atomic E-state index is 4.56. The first-order valence-electron chi connectivity index (χ1n) is 7.78. The maximum Gasteiger partial charge on any atom is 0.203 e. The van der Waals surface area contributed by atoms with Crippen LogP contribution >= 0.6 is 0 Å². The third kappa shape index (κ3) is 2.13. The monoisotopic (exact) mass is 297 g/mol. The van der Waals surface area contributed by atoms with Crippen LogP contribution in [0.1, 0.15) is 25.6 Å². The average molecular weight is 297 g/mol. The van der Waals surface area contributed by atoms with Crippen LogP contribution in [0.4, 0.5) is 5.82 Å². The van der Waals surface area contributed by atoms with E-state index in [-0.39, 0.29) is 0 Å². The molecule has 1 saturated heterocycles. The predicted molar refractivity (Wildman–Crippen MR) is 82.8 cm³/mol. The zero-order valence-electron chi connectivity index (χ0n) is 12.6. The van der Waals surface area contributed by atoms with Gasteiger partial charge in [-0.25, -0.2) is 9.97 Å². The van der Waals surface area contributed by atoms with Gasteiger partial charge in [0, 0.05) is 50.3 Å². The summed E-state index contributed by atoms with van der Waals surface area (Å²) in [4.78, 5) is 11.3. The molecule has 0 amide bonds. The van der Waals surface area contributed by atoms with E-state index in [9.17, 15) is 0 Å². The van der Waals surface area contributed by atoms with Crippen LogP contribution in [0, 0.1) is 0 Å². The molecule has 3 aromatic heterocycles. The lowest BCUT2D eigenvalue weighted by Crippen LogP contribution is -2.34. The van der Waals surface area contributed by atoms with E-state index in [1.807, 2.05) is 23.0 Å². The third-order valence-electron chi connectivity index (χ3n) is 4.37. The molecule has 22 heavy (non-hydrogen) atoms. The Morgan fingerprint density at radius 3 is 3.05 bits per heavy atom. The van der Waals surface area contributed by atoms with Crippen molar-refractivity contribution in [2.75, 3.05) is 11.4 Å². The van der Waals surface area contributed by atoms with Crippen molar-refractivity contribution in [1.29, 1.82) is 0 Å². The molecule has 7 nitrogen and oxygen atoms in total. The molecule has 4 heterocycles. The summed E-state index contributed by atoms with van der Waals surface area (Å²) < 4.78 is 4.18. The summed E-state index contributed by atoms with van der Waals surface area (Å²) in [6.07, 6.45) is 12.7. The second-order valence-corrected chi connectivity index (χ2v) is 5.65. The molecule has 114 valence electrons. The lowest BCUT2D eigenvalue weighted by Gasteiger charge is -2.26. The minimum Gasteiger partial charge on any atom is -0.349 e. The standard InChI is InChI=1S/C15H19N7/c1-2-13-16-5-8-20(13)10-12-4-3-7-22(12)14-15-19-18-11-21(15)9-6-17-14/h5-6,8-9,11-12H,2-4,7,10H2,1H3. The van der Waals surface area contributed by atoms with E-state index >= 15 is 0 Å². The molecule has 1 atom stereocenters. The SMILES string of the molecule is CCc1nccn1CC1CCCN1c1nccn2cnnc12. The molecule has 1 aliphatic rings. The number of aryl methyl sites for hydroxylation is 1.